The summed E-state index contributed by atoms with van der Waals surface area (Å²) in [5.41, 5.74) is 4.84. The van der Waals surface area contributed by atoms with Crippen LogP contribution in [0.5, 0.6) is 0 Å². The van der Waals surface area contributed by atoms with Gasteiger partial charge in [-0.1, -0.05) is 55.0 Å². The van der Waals surface area contributed by atoms with Crippen LogP contribution in [-0.2, 0) is 6.42 Å². The Hall–Kier alpha value is -1.87. The van der Waals surface area contributed by atoms with E-state index < -0.39 is 0 Å². The molecule has 0 bridgehead atoms. The lowest BCUT2D eigenvalue weighted by Crippen LogP contribution is -2.31. The minimum absolute atomic E-state index is 0.180. The smallest absolute Gasteiger partial charge is 0.171 e. The first-order valence-corrected chi connectivity index (χ1v) is 7.73. The zero-order chi connectivity index (χ0) is 15.2. The van der Waals surface area contributed by atoms with E-state index in [-0.39, 0.29) is 6.04 Å². The molecule has 21 heavy (non-hydrogen) atoms. The first kappa shape index (κ1) is 15.5. The van der Waals surface area contributed by atoms with E-state index in [9.17, 15) is 0 Å². The van der Waals surface area contributed by atoms with Crippen molar-refractivity contribution in [1.29, 1.82) is 0 Å². The van der Waals surface area contributed by atoms with Gasteiger partial charge in [-0.2, -0.15) is 0 Å². The molecule has 0 aromatic heterocycles. The molecule has 0 saturated carbocycles. The highest BCUT2D eigenvalue weighted by molar-refractivity contribution is 7.80. The minimum atomic E-state index is 0.180. The van der Waals surface area contributed by atoms with Gasteiger partial charge in [0.2, 0.25) is 0 Å². The van der Waals surface area contributed by atoms with Crippen molar-refractivity contribution >= 4 is 23.0 Å². The summed E-state index contributed by atoms with van der Waals surface area (Å²) in [5, 5.41) is 7.29. The molecule has 0 heterocycles. The predicted octanol–water partition coefficient (Wildman–Crippen LogP) is 4.61. The van der Waals surface area contributed by atoms with Gasteiger partial charge in [0.15, 0.2) is 5.11 Å². The van der Waals surface area contributed by atoms with E-state index in [4.69, 9.17) is 12.2 Å². The molecule has 0 aliphatic carbocycles. The number of hydrogen-bond donors (Lipinski definition) is 2. The normalized spacial score (nSPS) is 11.8. The van der Waals surface area contributed by atoms with Gasteiger partial charge >= 0.3 is 0 Å². The van der Waals surface area contributed by atoms with E-state index in [0.29, 0.717) is 5.11 Å². The van der Waals surface area contributed by atoms with Crippen LogP contribution in [0.4, 0.5) is 5.69 Å². The predicted molar refractivity (Wildman–Crippen MR) is 94.8 cm³/mol. The van der Waals surface area contributed by atoms with Crippen molar-refractivity contribution in [3.8, 4) is 0 Å². The first-order chi connectivity index (χ1) is 10.1. The van der Waals surface area contributed by atoms with E-state index in [1.54, 1.807) is 0 Å². The van der Waals surface area contributed by atoms with Crippen LogP contribution in [0, 0.1) is 6.92 Å². The molecule has 0 radical (unpaired) electrons. The van der Waals surface area contributed by atoms with Crippen molar-refractivity contribution in [1.82, 2.24) is 5.32 Å². The summed E-state index contributed by atoms with van der Waals surface area (Å²) in [6, 6.07) is 16.9. The van der Waals surface area contributed by atoms with E-state index >= 15 is 0 Å². The molecule has 2 aromatic carbocycles. The lowest BCUT2D eigenvalue weighted by Gasteiger charge is -2.18. The summed E-state index contributed by atoms with van der Waals surface area (Å²) in [4.78, 5) is 0. The third kappa shape index (κ3) is 4.30. The molecule has 2 N–H and O–H groups in total. The molecular weight excluding hydrogens is 276 g/mol. The van der Waals surface area contributed by atoms with Crippen molar-refractivity contribution in [2.45, 2.75) is 33.2 Å². The molecular formula is C18H22N2S. The van der Waals surface area contributed by atoms with E-state index in [1.165, 1.54) is 16.7 Å². The number of rotatable bonds is 4. The Morgan fingerprint density at radius 3 is 2.43 bits per heavy atom. The van der Waals surface area contributed by atoms with Gasteiger partial charge in [0.05, 0.1) is 6.04 Å². The summed E-state index contributed by atoms with van der Waals surface area (Å²) in [5.74, 6) is 0. The van der Waals surface area contributed by atoms with E-state index in [1.807, 2.05) is 6.07 Å². The van der Waals surface area contributed by atoms with Gasteiger partial charge in [0.1, 0.15) is 0 Å². The van der Waals surface area contributed by atoms with Gasteiger partial charge in [0.25, 0.3) is 0 Å². The van der Waals surface area contributed by atoms with Crippen LogP contribution in [0.3, 0.4) is 0 Å². The summed E-state index contributed by atoms with van der Waals surface area (Å²) in [7, 11) is 0. The summed E-state index contributed by atoms with van der Waals surface area (Å²) < 4.78 is 0. The van der Waals surface area contributed by atoms with Crippen LogP contribution >= 0.6 is 12.2 Å². The zero-order valence-electron chi connectivity index (χ0n) is 12.8. The second kappa shape index (κ2) is 7.23. The van der Waals surface area contributed by atoms with Gasteiger partial charge in [-0.05, 0) is 49.7 Å². The number of para-hydroxylation sites is 1. The molecule has 2 aromatic rings. The van der Waals surface area contributed by atoms with Crippen LogP contribution in [-0.4, -0.2) is 5.11 Å². The summed E-state index contributed by atoms with van der Waals surface area (Å²) in [6.07, 6.45) is 0.985. The van der Waals surface area contributed by atoms with Gasteiger partial charge in [-0.15, -0.1) is 0 Å². The quantitative estimate of drug-likeness (QED) is 0.806. The molecule has 0 fully saturated rings. The largest absolute Gasteiger partial charge is 0.356 e. The van der Waals surface area contributed by atoms with Crippen LogP contribution in [0.2, 0.25) is 0 Å². The Bertz CT molecular complexity index is 605. The topological polar surface area (TPSA) is 24.1 Å². The Morgan fingerprint density at radius 2 is 1.76 bits per heavy atom. The third-order valence-electron chi connectivity index (χ3n) is 3.57. The van der Waals surface area contributed by atoms with Crippen LogP contribution in [0.1, 0.15) is 36.6 Å². The van der Waals surface area contributed by atoms with Gasteiger partial charge in [0, 0.05) is 5.69 Å². The number of nitrogens with one attached hydrogen (secondary N) is 2. The molecule has 2 nitrogen and oxygen atoms in total. The Balaban J connectivity index is 1.99. The van der Waals surface area contributed by atoms with Crippen LogP contribution in [0.25, 0.3) is 0 Å². The molecule has 0 amide bonds. The maximum absolute atomic E-state index is 5.42. The molecule has 0 aliphatic rings. The van der Waals surface area contributed by atoms with Gasteiger partial charge in [-0.25, -0.2) is 0 Å². The lowest BCUT2D eigenvalue weighted by molar-refractivity contribution is 0.722. The van der Waals surface area contributed by atoms with Crippen molar-refractivity contribution < 1.29 is 0 Å². The van der Waals surface area contributed by atoms with Crippen molar-refractivity contribution in [3.05, 3.63) is 65.2 Å². The van der Waals surface area contributed by atoms with Gasteiger partial charge < -0.3 is 10.6 Å². The SMILES string of the molecule is CCc1ccccc1NC(=S)N[C@H](C)c1ccc(C)cc1. The maximum atomic E-state index is 5.42. The van der Waals surface area contributed by atoms with Gasteiger partial charge in [-0.3, -0.25) is 0 Å². The highest BCUT2D eigenvalue weighted by Gasteiger charge is 2.08. The number of anilines is 1. The molecule has 2 rings (SSSR count). The number of aryl methyl sites for hydroxylation is 2. The first-order valence-electron chi connectivity index (χ1n) is 7.32. The Labute approximate surface area is 132 Å². The Kier molecular flexibility index (Phi) is 5.34. The van der Waals surface area contributed by atoms with Crippen LogP contribution < -0.4 is 10.6 Å². The number of benzene rings is 2. The molecule has 110 valence electrons. The van der Waals surface area contributed by atoms with Crippen molar-refractivity contribution in [2.75, 3.05) is 5.32 Å². The maximum Gasteiger partial charge on any atom is 0.171 e. The average Bonchev–Trinajstić information content (AvgIpc) is 2.48. The van der Waals surface area contributed by atoms with Crippen LogP contribution in [0.15, 0.2) is 48.5 Å². The van der Waals surface area contributed by atoms with Crippen molar-refractivity contribution in [2.24, 2.45) is 0 Å². The third-order valence-corrected chi connectivity index (χ3v) is 3.79. The fourth-order valence-electron chi connectivity index (χ4n) is 2.24. The van der Waals surface area contributed by atoms with Crippen molar-refractivity contribution in [3.63, 3.8) is 0 Å². The highest BCUT2D eigenvalue weighted by atomic mass is 32.1. The molecule has 0 unspecified atom stereocenters. The second-order valence-corrected chi connectivity index (χ2v) is 5.65. The zero-order valence-corrected chi connectivity index (χ0v) is 13.6. The number of thiocarbonyl (C=S) groups is 1. The highest BCUT2D eigenvalue weighted by Crippen LogP contribution is 2.17. The fourth-order valence-corrected chi connectivity index (χ4v) is 2.53. The second-order valence-electron chi connectivity index (χ2n) is 5.24. The molecule has 3 heteroatoms. The molecule has 0 saturated heterocycles. The number of hydrogen-bond acceptors (Lipinski definition) is 1. The minimum Gasteiger partial charge on any atom is -0.356 e. The Morgan fingerprint density at radius 1 is 1.10 bits per heavy atom. The average molecular weight is 298 g/mol. The van der Waals surface area contributed by atoms with E-state index in [2.05, 4.69) is 73.9 Å². The summed E-state index contributed by atoms with van der Waals surface area (Å²) >= 11 is 5.42. The molecule has 1 atom stereocenters. The lowest BCUT2D eigenvalue weighted by atomic mass is 10.1. The molecule has 0 spiro atoms. The standard InChI is InChI=1S/C18H22N2S/c1-4-15-7-5-6-8-17(15)20-18(21)19-14(3)16-11-9-13(2)10-12-16/h5-12,14H,4H2,1-3H3,(H2,19,20,21)/t14-/m1/s1. The monoisotopic (exact) mass is 298 g/mol. The fraction of sp³-hybridized carbons (Fsp3) is 0.278. The molecule has 0 aliphatic heterocycles. The summed E-state index contributed by atoms with van der Waals surface area (Å²) in [6.45, 7) is 6.35. The van der Waals surface area contributed by atoms with E-state index in [0.717, 1.165) is 12.1 Å².